The number of carbonyl (C=O) groups excluding carboxylic acids is 1. The van der Waals surface area contributed by atoms with Gasteiger partial charge in [0.15, 0.2) is 0 Å². The summed E-state index contributed by atoms with van der Waals surface area (Å²) < 4.78 is 41.6. The van der Waals surface area contributed by atoms with E-state index in [0.29, 0.717) is 30.4 Å². The summed E-state index contributed by atoms with van der Waals surface area (Å²) in [5.41, 5.74) is 3.29. The molecule has 1 N–H and O–H groups in total. The van der Waals surface area contributed by atoms with E-state index in [-0.39, 0.29) is 52.8 Å². The van der Waals surface area contributed by atoms with Gasteiger partial charge >= 0.3 is 0 Å². The number of aromatic nitrogens is 4. The van der Waals surface area contributed by atoms with Crippen LogP contribution in [0.1, 0.15) is 61.4 Å². The predicted molar refractivity (Wildman–Crippen MR) is 189 cm³/mol. The number of anilines is 2. The van der Waals surface area contributed by atoms with Gasteiger partial charge in [0.05, 0.1) is 35.8 Å². The summed E-state index contributed by atoms with van der Waals surface area (Å²) in [6, 6.07) is 15.0. The van der Waals surface area contributed by atoms with Gasteiger partial charge in [-0.2, -0.15) is 4.98 Å². The van der Waals surface area contributed by atoms with E-state index in [0.717, 1.165) is 16.7 Å². The molecule has 13 heteroatoms. The van der Waals surface area contributed by atoms with E-state index < -0.39 is 16.1 Å². The summed E-state index contributed by atoms with van der Waals surface area (Å²) in [5.74, 6) is 0.779. The average molecular weight is 688 g/mol. The standard InChI is InChI=1S/C36H45N7O5S/c1-23-11-9-12-24(2)33(23)29-18-32-40-35(38-29)41-49(45,46)28-14-10-13-26(17-28)34(44)43(27(22-48-32)19-36(4,5)6)20-30-37-16-15-31(39-30)42(7)25(3)21-47-8/h9-18,25,27H,19-22H2,1-8H3,(H,38,40,41)/t25?,27-/m1/s1. The van der Waals surface area contributed by atoms with Crippen LogP contribution in [0.4, 0.5) is 11.8 Å². The van der Waals surface area contributed by atoms with E-state index in [1.807, 2.05) is 57.0 Å². The monoisotopic (exact) mass is 687 g/mol. The van der Waals surface area contributed by atoms with E-state index >= 15 is 0 Å². The fourth-order valence-electron chi connectivity index (χ4n) is 5.94. The lowest BCUT2D eigenvalue weighted by molar-refractivity contribution is 0.0505. The Kier molecular flexibility index (Phi) is 10.5. The van der Waals surface area contributed by atoms with Crippen LogP contribution < -0.4 is 14.4 Å². The Hall–Kier alpha value is -4.62. The Morgan fingerprint density at radius 1 is 1.06 bits per heavy atom. The highest BCUT2D eigenvalue weighted by molar-refractivity contribution is 7.92. The zero-order valence-electron chi connectivity index (χ0n) is 29.4. The molecule has 3 heterocycles. The minimum atomic E-state index is -4.19. The van der Waals surface area contributed by atoms with Crippen molar-refractivity contribution in [2.45, 2.75) is 71.5 Å². The highest BCUT2D eigenvalue weighted by Gasteiger charge is 2.32. The Bertz CT molecular complexity index is 1910. The number of ether oxygens (including phenoxy) is 2. The van der Waals surface area contributed by atoms with Crippen molar-refractivity contribution < 1.29 is 22.7 Å². The number of likely N-dealkylation sites (N-methyl/N-ethyl adjacent to an activating group) is 1. The van der Waals surface area contributed by atoms with E-state index in [4.69, 9.17) is 14.5 Å². The topological polar surface area (TPSA) is 140 Å². The molecule has 49 heavy (non-hydrogen) atoms. The second kappa shape index (κ2) is 14.5. The number of hydrogen-bond donors (Lipinski definition) is 1. The number of carbonyl (C=O) groups is 1. The number of amides is 1. The minimum Gasteiger partial charge on any atom is -0.475 e. The van der Waals surface area contributed by atoms with Crippen molar-refractivity contribution in [1.29, 1.82) is 0 Å². The lowest BCUT2D eigenvalue weighted by atomic mass is 9.87. The Morgan fingerprint density at radius 2 is 1.78 bits per heavy atom. The third-order valence-electron chi connectivity index (χ3n) is 8.46. The van der Waals surface area contributed by atoms with Crippen LogP contribution >= 0.6 is 0 Å². The maximum absolute atomic E-state index is 14.5. The summed E-state index contributed by atoms with van der Waals surface area (Å²) in [6.07, 6.45) is 2.23. The van der Waals surface area contributed by atoms with Crippen molar-refractivity contribution in [1.82, 2.24) is 24.8 Å². The SMILES string of the molecule is COCC(C)N(C)c1ccnc(CN2C(=O)c3cccc(c3)S(=O)(=O)Nc3nc(cc(-c4c(C)cccc4C)n3)OC[C@H]2CC(C)(C)C)n1. The largest absolute Gasteiger partial charge is 0.475 e. The van der Waals surface area contributed by atoms with Gasteiger partial charge in [-0.3, -0.25) is 4.79 Å². The van der Waals surface area contributed by atoms with Crippen LogP contribution in [0.3, 0.4) is 0 Å². The molecule has 1 aliphatic heterocycles. The van der Waals surface area contributed by atoms with Crippen molar-refractivity contribution >= 4 is 27.7 Å². The summed E-state index contributed by atoms with van der Waals surface area (Å²) in [5, 5.41) is 0. The molecular formula is C36H45N7O5S. The molecular weight excluding hydrogens is 643 g/mol. The zero-order valence-corrected chi connectivity index (χ0v) is 30.2. The molecule has 2 atom stereocenters. The van der Waals surface area contributed by atoms with E-state index in [2.05, 4.69) is 40.4 Å². The maximum atomic E-state index is 14.5. The first-order chi connectivity index (χ1) is 23.1. The van der Waals surface area contributed by atoms with Crippen LogP contribution in [0, 0.1) is 19.3 Å². The number of sulfonamides is 1. The summed E-state index contributed by atoms with van der Waals surface area (Å²) in [4.78, 5) is 36.5. The first-order valence-corrected chi connectivity index (χ1v) is 17.7. The van der Waals surface area contributed by atoms with Crippen molar-refractivity contribution in [3.05, 3.63) is 83.3 Å². The highest BCUT2D eigenvalue weighted by Crippen LogP contribution is 2.31. The van der Waals surface area contributed by atoms with Crippen LogP contribution in [0.15, 0.2) is 65.7 Å². The van der Waals surface area contributed by atoms with Crippen molar-refractivity contribution in [2.75, 3.05) is 37.0 Å². The molecule has 0 fully saturated rings. The van der Waals surface area contributed by atoms with Gasteiger partial charge in [0, 0.05) is 37.5 Å². The molecule has 1 aliphatic rings. The van der Waals surface area contributed by atoms with Crippen LogP contribution in [-0.4, -0.2) is 78.6 Å². The lowest BCUT2D eigenvalue weighted by Gasteiger charge is -2.35. The molecule has 5 rings (SSSR count). The number of nitrogens with zero attached hydrogens (tertiary/aromatic N) is 6. The number of nitrogens with one attached hydrogen (secondary N) is 1. The molecule has 260 valence electrons. The van der Waals surface area contributed by atoms with Crippen LogP contribution in [0.25, 0.3) is 11.3 Å². The molecule has 1 unspecified atom stereocenters. The minimum absolute atomic E-state index is 0.0476. The van der Waals surface area contributed by atoms with Crippen LogP contribution in [-0.2, 0) is 21.3 Å². The molecule has 12 nitrogen and oxygen atoms in total. The molecule has 4 aromatic rings. The van der Waals surface area contributed by atoms with Gasteiger partial charge < -0.3 is 19.3 Å². The van der Waals surface area contributed by atoms with E-state index in [9.17, 15) is 13.2 Å². The van der Waals surface area contributed by atoms with E-state index in [1.165, 1.54) is 12.1 Å². The number of benzene rings is 2. The molecule has 2 aromatic carbocycles. The number of methoxy groups -OCH3 is 1. The fourth-order valence-corrected chi connectivity index (χ4v) is 6.93. The molecule has 1 amide bonds. The van der Waals surface area contributed by atoms with Gasteiger partial charge in [-0.1, -0.05) is 45.0 Å². The lowest BCUT2D eigenvalue weighted by Crippen LogP contribution is -2.45. The molecule has 0 radical (unpaired) electrons. The molecule has 0 saturated carbocycles. The molecule has 2 aromatic heterocycles. The summed E-state index contributed by atoms with van der Waals surface area (Å²) >= 11 is 0. The van der Waals surface area contributed by atoms with E-state index in [1.54, 1.807) is 36.4 Å². The first-order valence-electron chi connectivity index (χ1n) is 16.2. The normalized spacial score (nSPS) is 16.8. The Balaban J connectivity index is 1.64. The quantitative estimate of drug-likeness (QED) is 0.247. The van der Waals surface area contributed by atoms with Gasteiger partial charge in [0.1, 0.15) is 18.2 Å². The second-order valence-corrected chi connectivity index (χ2v) is 15.4. The van der Waals surface area contributed by atoms with Gasteiger partial charge in [0.25, 0.3) is 15.9 Å². The van der Waals surface area contributed by atoms with Crippen molar-refractivity contribution in [3.63, 3.8) is 0 Å². The molecule has 0 spiro atoms. The van der Waals surface area contributed by atoms with Crippen LogP contribution in [0.2, 0.25) is 0 Å². The van der Waals surface area contributed by atoms with Gasteiger partial charge in [0.2, 0.25) is 11.8 Å². The Morgan fingerprint density at radius 3 is 2.47 bits per heavy atom. The van der Waals surface area contributed by atoms with Crippen molar-refractivity contribution in [3.8, 4) is 17.1 Å². The average Bonchev–Trinajstić information content (AvgIpc) is 3.04. The Labute approximate surface area is 289 Å². The number of fused-ring (bicyclic) bond motifs is 4. The maximum Gasteiger partial charge on any atom is 0.264 e. The second-order valence-electron chi connectivity index (χ2n) is 13.7. The summed E-state index contributed by atoms with van der Waals surface area (Å²) in [7, 11) is -0.607. The number of hydrogen-bond acceptors (Lipinski definition) is 10. The van der Waals surface area contributed by atoms with Crippen LogP contribution in [0.5, 0.6) is 5.88 Å². The number of aryl methyl sites for hydroxylation is 2. The first kappa shape index (κ1) is 35.7. The van der Waals surface area contributed by atoms with Gasteiger partial charge in [-0.15, -0.1) is 0 Å². The molecule has 4 bridgehead atoms. The smallest absolute Gasteiger partial charge is 0.264 e. The van der Waals surface area contributed by atoms with Gasteiger partial charge in [-0.25, -0.2) is 28.1 Å². The van der Waals surface area contributed by atoms with Crippen molar-refractivity contribution in [2.24, 2.45) is 5.41 Å². The highest BCUT2D eigenvalue weighted by atomic mass is 32.2. The summed E-state index contributed by atoms with van der Waals surface area (Å²) in [6.45, 7) is 12.9. The predicted octanol–water partition coefficient (Wildman–Crippen LogP) is 5.66. The third-order valence-corrected chi connectivity index (χ3v) is 9.79. The molecule has 0 aliphatic carbocycles. The zero-order chi connectivity index (χ0) is 35.5. The fraction of sp³-hybridized carbons (Fsp3) is 0.417. The number of rotatable bonds is 8. The van der Waals surface area contributed by atoms with Gasteiger partial charge in [-0.05, 0) is 68.0 Å². The molecule has 0 saturated heterocycles. The third kappa shape index (κ3) is 8.52.